The summed E-state index contributed by atoms with van der Waals surface area (Å²) >= 11 is 5.65. The smallest absolute Gasteiger partial charge is 0.239 e. The van der Waals surface area contributed by atoms with Crippen molar-refractivity contribution in [2.45, 2.75) is 5.75 Å². The molecule has 1 heterocycles. The van der Waals surface area contributed by atoms with Crippen LogP contribution in [0.5, 0.6) is 0 Å². The standard InChI is InChI=1S/C11H11ClN4O2S/c12-10-5-6-14-11(15-10)16-19(17,18)7-8-3-1-2-4-9(8)13/h1-6H,7,13H2,(H,14,15,16). The van der Waals surface area contributed by atoms with Crippen molar-refractivity contribution in [3.05, 3.63) is 47.2 Å². The van der Waals surface area contributed by atoms with Crippen LogP contribution < -0.4 is 10.5 Å². The minimum atomic E-state index is -3.64. The highest BCUT2D eigenvalue weighted by Gasteiger charge is 2.15. The molecule has 0 saturated heterocycles. The maximum absolute atomic E-state index is 11.9. The largest absolute Gasteiger partial charge is 0.398 e. The quantitative estimate of drug-likeness (QED) is 0.660. The van der Waals surface area contributed by atoms with Crippen molar-refractivity contribution in [2.24, 2.45) is 0 Å². The molecule has 100 valence electrons. The van der Waals surface area contributed by atoms with Gasteiger partial charge in [-0.3, -0.25) is 4.72 Å². The predicted molar refractivity (Wildman–Crippen MR) is 74.1 cm³/mol. The number of halogens is 1. The van der Waals surface area contributed by atoms with E-state index in [9.17, 15) is 8.42 Å². The van der Waals surface area contributed by atoms with E-state index >= 15 is 0 Å². The van der Waals surface area contributed by atoms with Gasteiger partial charge in [-0.1, -0.05) is 29.8 Å². The minimum Gasteiger partial charge on any atom is -0.398 e. The first-order chi connectivity index (χ1) is 8.96. The van der Waals surface area contributed by atoms with E-state index in [0.29, 0.717) is 11.3 Å². The van der Waals surface area contributed by atoms with Crippen LogP contribution in [0.25, 0.3) is 0 Å². The molecule has 0 aliphatic heterocycles. The Morgan fingerprint density at radius 3 is 2.68 bits per heavy atom. The summed E-state index contributed by atoms with van der Waals surface area (Å²) in [4.78, 5) is 7.53. The van der Waals surface area contributed by atoms with Gasteiger partial charge in [0.1, 0.15) is 5.15 Å². The first-order valence-corrected chi connectivity index (χ1v) is 7.32. The van der Waals surface area contributed by atoms with Gasteiger partial charge in [-0.15, -0.1) is 0 Å². The molecular formula is C11H11ClN4O2S. The second-order valence-corrected chi connectivity index (χ2v) is 5.87. The molecule has 0 amide bonds. The average molecular weight is 299 g/mol. The second kappa shape index (κ2) is 5.41. The summed E-state index contributed by atoms with van der Waals surface area (Å²) in [7, 11) is -3.64. The number of nitrogens with zero attached hydrogens (tertiary/aromatic N) is 2. The number of aromatic nitrogens is 2. The van der Waals surface area contributed by atoms with E-state index in [1.165, 1.54) is 12.3 Å². The first-order valence-electron chi connectivity index (χ1n) is 5.29. The third-order valence-electron chi connectivity index (χ3n) is 2.27. The highest BCUT2D eigenvalue weighted by atomic mass is 35.5. The van der Waals surface area contributed by atoms with E-state index in [2.05, 4.69) is 14.7 Å². The van der Waals surface area contributed by atoms with Crippen LogP contribution in [0.1, 0.15) is 5.56 Å². The third-order valence-corrected chi connectivity index (χ3v) is 3.66. The molecule has 1 aromatic carbocycles. The van der Waals surface area contributed by atoms with Gasteiger partial charge in [0.15, 0.2) is 0 Å². The number of hydrogen-bond donors (Lipinski definition) is 2. The van der Waals surface area contributed by atoms with Crippen LogP contribution in [0.15, 0.2) is 36.5 Å². The van der Waals surface area contributed by atoms with Gasteiger partial charge >= 0.3 is 0 Å². The summed E-state index contributed by atoms with van der Waals surface area (Å²) in [6.45, 7) is 0. The molecule has 0 aliphatic rings. The Morgan fingerprint density at radius 1 is 1.26 bits per heavy atom. The Balaban J connectivity index is 2.18. The topological polar surface area (TPSA) is 98.0 Å². The molecule has 6 nitrogen and oxygen atoms in total. The van der Waals surface area contributed by atoms with Crippen molar-refractivity contribution in [1.82, 2.24) is 9.97 Å². The Bertz CT molecular complexity index is 691. The van der Waals surface area contributed by atoms with Crippen molar-refractivity contribution in [1.29, 1.82) is 0 Å². The van der Waals surface area contributed by atoms with E-state index in [0.717, 1.165) is 0 Å². The van der Waals surface area contributed by atoms with Crippen LogP contribution >= 0.6 is 11.6 Å². The van der Waals surface area contributed by atoms with Crippen molar-refractivity contribution in [3.8, 4) is 0 Å². The van der Waals surface area contributed by atoms with E-state index in [-0.39, 0.29) is 16.9 Å². The van der Waals surface area contributed by atoms with Gasteiger partial charge in [0.25, 0.3) is 0 Å². The average Bonchev–Trinajstić information content (AvgIpc) is 2.31. The molecule has 19 heavy (non-hydrogen) atoms. The SMILES string of the molecule is Nc1ccccc1CS(=O)(=O)Nc1nccc(Cl)n1. The number of anilines is 2. The van der Waals surface area contributed by atoms with Gasteiger partial charge < -0.3 is 5.73 Å². The number of para-hydroxylation sites is 1. The maximum Gasteiger partial charge on any atom is 0.239 e. The highest BCUT2D eigenvalue weighted by molar-refractivity contribution is 7.91. The monoisotopic (exact) mass is 298 g/mol. The van der Waals surface area contributed by atoms with Gasteiger partial charge in [0.05, 0.1) is 5.75 Å². The van der Waals surface area contributed by atoms with Crippen molar-refractivity contribution >= 4 is 33.3 Å². The van der Waals surface area contributed by atoms with Crippen molar-refractivity contribution < 1.29 is 8.42 Å². The lowest BCUT2D eigenvalue weighted by Crippen LogP contribution is -2.17. The molecule has 1 aromatic heterocycles. The van der Waals surface area contributed by atoms with Crippen molar-refractivity contribution in [3.63, 3.8) is 0 Å². The third kappa shape index (κ3) is 3.80. The molecule has 0 fully saturated rings. The molecule has 0 aliphatic carbocycles. The van der Waals surface area contributed by atoms with Crippen LogP contribution in [0, 0.1) is 0 Å². The lowest BCUT2D eigenvalue weighted by atomic mass is 10.2. The summed E-state index contributed by atoms with van der Waals surface area (Å²) in [6, 6.07) is 8.19. The summed E-state index contributed by atoms with van der Waals surface area (Å²) < 4.78 is 26.1. The summed E-state index contributed by atoms with van der Waals surface area (Å²) in [5.41, 5.74) is 6.63. The fourth-order valence-corrected chi connectivity index (χ4v) is 2.69. The zero-order valence-corrected chi connectivity index (χ0v) is 11.3. The predicted octanol–water partition coefficient (Wildman–Crippen LogP) is 1.65. The van der Waals surface area contributed by atoms with Crippen molar-refractivity contribution in [2.75, 3.05) is 10.5 Å². The van der Waals surface area contributed by atoms with E-state index in [4.69, 9.17) is 17.3 Å². The molecular weight excluding hydrogens is 288 g/mol. The molecule has 2 rings (SSSR count). The fourth-order valence-electron chi connectivity index (χ4n) is 1.43. The summed E-state index contributed by atoms with van der Waals surface area (Å²) in [5.74, 6) is -0.322. The van der Waals surface area contributed by atoms with Gasteiger partial charge in [-0.2, -0.15) is 0 Å². The molecule has 0 saturated carbocycles. The zero-order valence-electron chi connectivity index (χ0n) is 9.75. The summed E-state index contributed by atoms with van der Waals surface area (Å²) in [5, 5.41) is 0.159. The normalized spacial score (nSPS) is 11.2. The minimum absolute atomic E-state index is 0.0676. The molecule has 8 heteroatoms. The highest BCUT2D eigenvalue weighted by Crippen LogP contribution is 2.15. The van der Waals surface area contributed by atoms with E-state index < -0.39 is 10.0 Å². The van der Waals surface area contributed by atoms with Crippen LogP contribution in [0.2, 0.25) is 5.15 Å². The van der Waals surface area contributed by atoms with Crippen LogP contribution in [-0.2, 0) is 15.8 Å². The number of nitrogens with two attached hydrogens (primary N) is 1. The van der Waals surface area contributed by atoms with Gasteiger partial charge in [0.2, 0.25) is 16.0 Å². The second-order valence-electron chi connectivity index (χ2n) is 3.76. The number of rotatable bonds is 4. The zero-order chi connectivity index (χ0) is 13.9. The number of sulfonamides is 1. The van der Waals surface area contributed by atoms with E-state index in [1.807, 2.05) is 0 Å². The number of nitrogen functional groups attached to an aromatic ring is 1. The van der Waals surface area contributed by atoms with Gasteiger partial charge in [-0.25, -0.2) is 18.4 Å². The molecule has 0 spiro atoms. The van der Waals surface area contributed by atoms with Crippen LogP contribution in [-0.4, -0.2) is 18.4 Å². The van der Waals surface area contributed by atoms with Gasteiger partial charge in [0, 0.05) is 11.9 Å². The Kier molecular flexibility index (Phi) is 3.87. The number of hydrogen-bond acceptors (Lipinski definition) is 5. The molecule has 0 unspecified atom stereocenters. The summed E-state index contributed by atoms with van der Waals surface area (Å²) in [6.07, 6.45) is 1.37. The Hall–Kier alpha value is -1.86. The molecule has 0 bridgehead atoms. The lowest BCUT2D eigenvalue weighted by molar-refractivity contribution is 0.600. The Morgan fingerprint density at radius 2 is 2.00 bits per heavy atom. The van der Waals surface area contributed by atoms with Crippen LogP contribution in [0.4, 0.5) is 11.6 Å². The number of nitrogens with one attached hydrogen (secondary N) is 1. The Labute approximate surface area is 115 Å². The van der Waals surface area contributed by atoms with E-state index in [1.54, 1.807) is 24.3 Å². The van der Waals surface area contributed by atoms with Gasteiger partial charge in [-0.05, 0) is 17.7 Å². The maximum atomic E-state index is 11.9. The molecule has 2 aromatic rings. The molecule has 3 N–H and O–H groups in total. The fraction of sp³-hybridized carbons (Fsp3) is 0.0909. The molecule has 0 atom stereocenters. The molecule has 0 radical (unpaired) electrons. The lowest BCUT2D eigenvalue weighted by Gasteiger charge is -2.08. The number of benzene rings is 1. The first kappa shape index (κ1) is 13.6. The van der Waals surface area contributed by atoms with Crippen LogP contribution in [0.3, 0.4) is 0 Å².